The quantitative estimate of drug-likeness (QED) is 0.569. The Bertz CT molecular complexity index is 573. The number of benzene rings is 1. The zero-order valence-electron chi connectivity index (χ0n) is 9.54. The van der Waals surface area contributed by atoms with Gasteiger partial charge in [0.2, 0.25) is 0 Å². The van der Waals surface area contributed by atoms with Gasteiger partial charge in [0.1, 0.15) is 16.6 Å². The number of hydrogen-bond acceptors (Lipinski definition) is 5. The maximum Gasteiger partial charge on any atom is 0.159 e. The summed E-state index contributed by atoms with van der Waals surface area (Å²) < 4.78 is 1.73. The number of hydrazine groups is 1. The van der Waals surface area contributed by atoms with Crippen molar-refractivity contribution in [3.8, 4) is 0 Å². The van der Waals surface area contributed by atoms with Crippen LogP contribution in [0.2, 0.25) is 0 Å². The molecule has 1 heterocycles. The molecule has 0 saturated carbocycles. The number of nitrogens with zero attached hydrogens (tertiary/aromatic N) is 2. The van der Waals surface area contributed by atoms with E-state index in [1.54, 1.807) is 0 Å². The maximum absolute atomic E-state index is 5.36. The van der Waals surface area contributed by atoms with Crippen LogP contribution in [0.3, 0.4) is 0 Å². The molecule has 5 nitrogen and oxygen atoms in total. The van der Waals surface area contributed by atoms with Crippen LogP contribution in [0.1, 0.15) is 5.56 Å². The second-order valence-electron chi connectivity index (χ2n) is 3.61. The molecule has 0 atom stereocenters. The fraction of sp³-hybridized carbons (Fsp3) is 0.0909. The van der Waals surface area contributed by atoms with E-state index < -0.39 is 0 Å². The molecule has 1 aromatic heterocycles. The van der Waals surface area contributed by atoms with Gasteiger partial charge in [-0.05, 0) is 46.6 Å². The van der Waals surface area contributed by atoms with Gasteiger partial charge in [0.05, 0.1) is 0 Å². The van der Waals surface area contributed by atoms with Crippen LogP contribution in [0, 0.1) is 6.92 Å². The first-order valence-corrected chi connectivity index (χ1v) is 6.70. The molecule has 2 rings (SSSR count). The van der Waals surface area contributed by atoms with Crippen molar-refractivity contribution in [1.29, 1.82) is 0 Å². The zero-order valence-corrected chi connectivity index (χ0v) is 12.7. The molecule has 4 N–H and O–H groups in total. The monoisotopic (exact) mass is 371 g/mol. The molecule has 0 unspecified atom stereocenters. The first-order chi connectivity index (χ1) is 8.61. The van der Waals surface area contributed by atoms with E-state index >= 15 is 0 Å². The number of halogens is 2. The lowest BCUT2D eigenvalue weighted by Gasteiger charge is -2.12. The molecule has 0 fully saturated rings. The minimum absolute atomic E-state index is 0.530. The van der Waals surface area contributed by atoms with Crippen molar-refractivity contribution in [3.63, 3.8) is 0 Å². The van der Waals surface area contributed by atoms with E-state index in [4.69, 9.17) is 5.84 Å². The van der Waals surface area contributed by atoms with E-state index in [-0.39, 0.29) is 0 Å². The van der Waals surface area contributed by atoms with Gasteiger partial charge in [0.15, 0.2) is 5.82 Å². The van der Waals surface area contributed by atoms with Crippen LogP contribution >= 0.6 is 31.9 Å². The molecule has 7 heteroatoms. The number of anilines is 3. The van der Waals surface area contributed by atoms with Crippen molar-refractivity contribution in [3.05, 3.63) is 39.0 Å². The fourth-order valence-electron chi connectivity index (χ4n) is 1.45. The third kappa shape index (κ3) is 2.80. The van der Waals surface area contributed by atoms with Gasteiger partial charge in [-0.2, -0.15) is 0 Å². The van der Waals surface area contributed by atoms with Crippen molar-refractivity contribution in [2.24, 2.45) is 5.84 Å². The normalized spacial score (nSPS) is 10.2. The van der Waals surface area contributed by atoms with Crippen molar-refractivity contribution in [2.45, 2.75) is 6.92 Å². The van der Waals surface area contributed by atoms with Gasteiger partial charge >= 0.3 is 0 Å². The summed E-state index contributed by atoms with van der Waals surface area (Å²) in [5.74, 6) is 6.54. The Morgan fingerprint density at radius 2 is 1.89 bits per heavy atom. The summed E-state index contributed by atoms with van der Waals surface area (Å²) in [6.07, 6.45) is 1.44. The summed E-state index contributed by atoms with van der Waals surface area (Å²) in [5, 5.41) is 3.23. The first kappa shape index (κ1) is 13.3. The van der Waals surface area contributed by atoms with Crippen molar-refractivity contribution < 1.29 is 0 Å². The Labute approximate surface area is 121 Å². The van der Waals surface area contributed by atoms with Crippen LogP contribution in [0.4, 0.5) is 17.3 Å². The molecule has 18 heavy (non-hydrogen) atoms. The Morgan fingerprint density at radius 1 is 1.17 bits per heavy atom. The molecular formula is C11H11Br2N5. The molecular weight excluding hydrogens is 362 g/mol. The van der Waals surface area contributed by atoms with Crippen LogP contribution in [-0.4, -0.2) is 9.97 Å². The predicted molar refractivity (Wildman–Crippen MR) is 79.7 cm³/mol. The van der Waals surface area contributed by atoms with Crippen LogP contribution in [0.5, 0.6) is 0 Å². The first-order valence-electron chi connectivity index (χ1n) is 5.12. The van der Waals surface area contributed by atoms with E-state index in [1.807, 2.05) is 25.1 Å². The van der Waals surface area contributed by atoms with Gasteiger partial charge in [-0.3, -0.25) is 0 Å². The van der Waals surface area contributed by atoms with Crippen molar-refractivity contribution in [2.75, 3.05) is 10.7 Å². The van der Waals surface area contributed by atoms with Crippen LogP contribution in [0.25, 0.3) is 0 Å². The largest absolute Gasteiger partial charge is 0.339 e. The molecule has 0 aliphatic rings. The number of aryl methyl sites for hydroxylation is 1. The fourth-order valence-corrected chi connectivity index (χ4v) is 2.35. The van der Waals surface area contributed by atoms with Crippen LogP contribution < -0.4 is 16.6 Å². The Balaban J connectivity index is 2.34. The summed E-state index contributed by atoms with van der Waals surface area (Å²) in [7, 11) is 0. The lowest BCUT2D eigenvalue weighted by Crippen LogP contribution is -2.10. The molecule has 0 saturated heterocycles. The zero-order chi connectivity index (χ0) is 13.1. The second kappa shape index (κ2) is 5.64. The summed E-state index contributed by atoms with van der Waals surface area (Å²) >= 11 is 6.83. The number of hydrogen-bond donors (Lipinski definition) is 3. The number of nitrogens with one attached hydrogen (secondary N) is 2. The van der Waals surface area contributed by atoms with Gasteiger partial charge in [-0.25, -0.2) is 15.8 Å². The number of aromatic nitrogens is 2. The summed E-state index contributed by atoms with van der Waals surface area (Å²) in [4.78, 5) is 8.16. The molecule has 0 aliphatic heterocycles. The summed E-state index contributed by atoms with van der Waals surface area (Å²) in [6.45, 7) is 2.02. The molecule has 94 valence electrons. The number of nitrogen functional groups attached to an aromatic ring is 1. The molecule has 0 bridgehead atoms. The Hall–Kier alpha value is -1.18. The summed E-state index contributed by atoms with van der Waals surface area (Å²) in [6, 6.07) is 5.97. The highest BCUT2D eigenvalue weighted by Gasteiger charge is 2.08. The highest BCUT2D eigenvalue weighted by molar-refractivity contribution is 9.11. The minimum atomic E-state index is 0.530. The van der Waals surface area contributed by atoms with Crippen LogP contribution in [0.15, 0.2) is 33.5 Å². The second-order valence-corrected chi connectivity index (χ2v) is 5.32. The highest BCUT2D eigenvalue weighted by atomic mass is 79.9. The van der Waals surface area contributed by atoms with E-state index in [2.05, 4.69) is 52.6 Å². The smallest absolute Gasteiger partial charge is 0.159 e. The number of rotatable bonds is 3. The summed E-state index contributed by atoms with van der Waals surface area (Å²) in [5.41, 5.74) is 4.58. The van der Waals surface area contributed by atoms with E-state index in [9.17, 15) is 0 Å². The van der Waals surface area contributed by atoms with Gasteiger partial charge in [0.25, 0.3) is 0 Å². The number of nitrogens with two attached hydrogens (primary N) is 1. The van der Waals surface area contributed by atoms with Gasteiger partial charge < -0.3 is 10.7 Å². The van der Waals surface area contributed by atoms with Gasteiger partial charge in [-0.1, -0.05) is 15.9 Å². The standard InChI is InChI=1S/C11H11Br2N5/c1-6-4-7(12)2-3-8(6)17-10-9(13)11(18-14)16-5-15-10/h2-5H,14H2,1H3,(H2,15,16,17,18). The molecule has 0 aliphatic carbocycles. The average molecular weight is 373 g/mol. The molecule has 1 aromatic carbocycles. The van der Waals surface area contributed by atoms with Crippen molar-refractivity contribution >= 4 is 49.2 Å². The van der Waals surface area contributed by atoms with Crippen molar-refractivity contribution in [1.82, 2.24) is 9.97 Å². The lowest BCUT2D eigenvalue weighted by atomic mass is 10.2. The van der Waals surface area contributed by atoms with E-state index in [1.165, 1.54) is 6.33 Å². The van der Waals surface area contributed by atoms with Crippen LogP contribution in [-0.2, 0) is 0 Å². The maximum atomic E-state index is 5.36. The topological polar surface area (TPSA) is 75.9 Å². The van der Waals surface area contributed by atoms with Gasteiger partial charge in [-0.15, -0.1) is 0 Å². The minimum Gasteiger partial charge on any atom is -0.339 e. The third-order valence-corrected chi connectivity index (χ3v) is 3.61. The molecule has 0 spiro atoms. The van der Waals surface area contributed by atoms with E-state index in [0.29, 0.717) is 16.1 Å². The Morgan fingerprint density at radius 3 is 2.56 bits per heavy atom. The highest BCUT2D eigenvalue weighted by Crippen LogP contribution is 2.30. The average Bonchev–Trinajstić information content (AvgIpc) is 2.35. The third-order valence-electron chi connectivity index (χ3n) is 2.37. The van der Waals surface area contributed by atoms with E-state index in [0.717, 1.165) is 15.7 Å². The molecule has 0 radical (unpaired) electrons. The SMILES string of the molecule is Cc1cc(Br)ccc1Nc1ncnc(NN)c1Br. The molecule has 0 amide bonds. The Kier molecular flexibility index (Phi) is 4.15. The predicted octanol–water partition coefficient (Wildman–Crippen LogP) is 3.34. The molecule has 2 aromatic rings. The van der Waals surface area contributed by atoms with Gasteiger partial charge in [0, 0.05) is 10.2 Å². The lowest BCUT2D eigenvalue weighted by molar-refractivity contribution is 1.12.